The maximum absolute atomic E-state index is 12.4. The number of carbonyl (C=O) groups is 2. The van der Waals surface area contributed by atoms with Crippen LogP contribution in [-0.4, -0.2) is 53.1 Å². The molecule has 1 rings (SSSR count). The van der Waals surface area contributed by atoms with Crippen LogP contribution in [0.25, 0.3) is 0 Å². The topological polar surface area (TPSA) is 77.8 Å². The molecule has 1 saturated carbocycles. The molecule has 1 amide bonds. The Morgan fingerprint density at radius 3 is 2.25 bits per heavy atom. The number of rotatable bonds is 7. The van der Waals surface area contributed by atoms with Gasteiger partial charge < -0.3 is 15.1 Å². The number of nitrogens with zero attached hydrogens (tertiary/aromatic N) is 1. The summed E-state index contributed by atoms with van der Waals surface area (Å²) in [4.78, 5) is 24.4. The van der Waals surface area contributed by atoms with Crippen molar-refractivity contribution in [1.82, 2.24) is 4.90 Å². The minimum absolute atomic E-state index is 0.196. The Labute approximate surface area is 116 Å². The molecule has 0 bridgehead atoms. The number of hydrogen-bond donors (Lipinski definition) is 2. The van der Waals surface area contributed by atoms with E-state index in [0.29, 0.717) is 12.8 Å². The lowest BCUT2D eigenvalue weighted by Crippen LogP contribution is -2.43. The second kappa shape index (κ2) is 7.52. The number of aliphatic hydroxyl groups is 1. The number of amides is 1. The van der Waals surface area contributed by atoms with Crippen LogP contribution in [0.2, 0.25) is 0 Å². The summed E-state index contributed by atoms with van der Waals surface area (Å²) in [6.45, 7) is -1.38. The standard InChI is InChI=1S/C13H21F2NO4/c14-10(15)9-16(6-7-17)11(18)8-13(12(19)20)4-2-1-3-5-13/h10,17H,1-9H2,(H,19,20). The van der Waals surface area contributed by atoms with E-state index >= 15 is 0 Å². The lowest BCUT2D eigenvalue weighted by Gasteiger charge is -2.34. The van der Waals surface area contributed by atoms with Crippen molar-refractivity contribution in [3.63, 3.8) is 0 Å². The molecule has 0 aromatic heterocycles. The van der Waals surface area contributed by atoms with Crippen LogP contribution >= 0.6 is 0 Å². The molecule has 0 aliphatic heterocycles. The third-order valence-corrected chi connectivity index (χ3v) is 3.83. The van der Waals surface area contributed by atoms with Gasteiger partial charge in [0.1, 0.15) is 0 Å². The zero-order valence-corrected chi connectivity index (χ0v) is 11.4. The molecular formula is C13H21F2NO4. The van der Waals surface area contributed by atoms with Crippen molar-refractivity contribution in [3.05, 3.63) is 0 Å². The van der Waals surface area contributed by atoms with Crippen molar-refractivity contribution in [1.29, 1.82) is 0 Å². The van der Waals surface area contributed by atoms with E-state index in [2.05, 4.69) is 0 Å². The summed E-state index contributed by atoms with van der Waals surface area (Å²) in [6.07, 6.45) is 0.224. The predicted octanol–water partition coefficient (Wildman–Crippen LogP) is 1.50. The fourth-order valence-corrected chi connectivity index (χ4v) is 2.70. The Kier molecular flexibility index (Phi) is 6.32. The van der Waals surface area contributed by atoms with Crippen molar-refractivity contribution in [2.75, 3.05) is 19.7 Å². The molecule has 1 aliphatic rings. The quantitative estimate of drug-likeness (QED) is 0.745. The first-order chi connectivity index (χ1) is 9.41. The largest absolute Gasteiger partial charge is 0.481 e. The number of halogens is 2. The third-order valence-electron chi connectivity index (χ3n) is 3.83. The number of aliphatic carboxylic acids is 1. The Hall–Kier alpha value is -1.24. The van der Waals surface area contributed by atoms with Gasteiger partial charge in [0.2, 0.25) is 5.91 Å². The van der Waals surface area contributed by atoms with Crippen molar-refractivity contribution >= 4 is 11.9 Å². The number of hydrogen-bond acceptors (Lipinski definition) is 3. The van der Waals surface area contributed by atoms with E-state index in [9.17, 15) is 23.5 Å². The maximum Gasteiger partial charge on any atom is 0.310 e. The Balaban J connectivity index is 2.75. The van der Waals surface area contributed by atoms with Gasteiger partial charge in [-0.05, 0) is 12.8 Å². The lowest BCUT2D eigenvalue weighted by molar-refractivity contribution is -0.156. The van der Waals surface area contributed by atoms with Crippen LogP contribution in [0, 0.1) is 5.41 Å². The summed E-state index contributed by atoms with van der Waals surface area (Å²) in [5.74, 6) is -1.66. The van der Waals surface area contributed by atoms with Crippen molar-refractivity contribution < 1.29 is 28.6 Å². The number of carbonyl (C=O) groups excluding carboxylic acids is 1. The number of carboxylic acid groups (broad SMARTS) is 1. The highest BCUT2D eigenvalue weighted by atomic mass is 19.3. The minimum atomic E-state index is -2.70. The zero-order valence-electron chi connectivity index (χ0n) is 11.4. The smallest absolute Gasteiger partial charge is 0.310 e. The van der Waals surface area contributed by atoms with E-state index < -0.39 is 36.9 Å². The fraction of sp³-hybridized carbons (Fsp3) is 0.846. The lowest BCUT2D eigenvalue weighted by atomic mass is 9.71. The second-order valence-corrected chi connectivity index (χ2v) is 5.28. The highest BCUT2D eigenvalue weighted by Crippen LogP contribution is 2.40. The molecule has 0 atom stereocenters. The predicted molar refractivity (Wildman–Crippen MR) is 67.4 cm³/mol. The highest BCUT2D eigenvalue weighted by Gasteiger charge is 2.42. The van der Waals surface area contributed by atoms with Crippen LogP contribution in [0.5, 0.6) is 0 Å². The van der Waals surface area contributed by atoms with Gasteiger partial charge in [-0.3, -0.25) is 9.59 Å². The van der Waals surface area contributed by atoms with Crippen LogP contribution in [0.15, 0.2) is 0 Å². The van der Waals surface area contributed by atoms with E-state index in [1.807, 2.05) is 0 Å². The van der Waals surface area contributed by atoms with Crippen LogP contribution in [0.4, 0.5) is 8.78 Å². The fourth-order valence-electron chi connectivity index (χ4n) is 2.70. The molecule has 1 fully saturated rings. The highest BCUT2D eigenvalue weighted by molar-refractivity contribution is 5.85. The normalized spacial score (nSPS) is 18.0. The summed E-state index contributed by atoms with van der Waals surface area (Å²) in [7, 11) is 0. The maximum atomic E-state index is 12.4. The third kappa shape index (κ3) is 4.40. The molecule has 0 radical (unpaired) electrons. The molecule has 20 heavy (non-hydrogen) atoms. The van der Waals surface area contributed by atoms with Crippen molar-refractivity contribution in [2.24, 2.45) is 5.41 Å². The van der Waals surface area contributed by atoms with E-state index in [1.54, 1.807) is 0 Å². The summed E-state index contributed by atoms with van der Waals surface area (Å²) in [6, 6.07) is 0. The molecule has 0 saturated heterocycles. The molecule has 0 spiro atoms. The van der Waals surface area contributed by atoms with Crippen molar-refractivity contribution in [2.45, 2.75) is 45.0 Å². The molecule has 0 unspecified atom stereocenters. The number of alkyl halides is 2. The van der Waals surface area contributed by atoms with Gasteiger partial charge >= 0.3 is 5.97 Å². The molecule has 116 valence electrons. The average Bonchev–Trinajstić information content (AvgIpc) is 2.38. The van der Waals surface area contributed by atoms with Crippen LogP contribution in [-0.2, 0) is 9.59 Å². The molecule has 0 heterocycles. The summed E-state index contributed by atoms with van der Waals surface area (Å²) >= 11 is 0. The molecule has 5 nitrogen and oxygen atoms in total. The van der Waals surface area contributed by atoms with Gasteiger partial charge in [0.25, 0.3) is 6.43 Å². The summed E-state index contributed by atoms with van der Waals surface area (Å²) < 4.78 is 24.8. The van der Waals surface area contributed by atoms with Crippen LogP contribution in [0.1, 0.15) is 38.5 Å². The SMILES string of the molecule is O=C(CC1(C(=O)O)CCCCC1)N(CCO)CC(F)F. The average molecular weight is 293 g/mol. The molecule has 0 aromatic rings. The Morgan fingerprint density at radius 1 is 1.20 bits per heavy atom. The van der Waals surface area contributed by atoms with E-state index in [4.69, 9.17) is 5.11 Å². The van der Waals surface area contributed by atoms with Crippen molar-refractivity contribution in [3.8, 4) is 0 Å². The summed E-state index contributed by atoms with van der Waals surface area (Å²) in [5.41, 5.74) is -1.13. The van der Waals surface area contributed by atoms with Gasteiger partial charge in [0.05, 0.1) is 18.6 Å². The van der Waals surface area contributed by atoms with Gasteiger partial charge in [0.15, 0.2) is 0 Å². The van der Waals surface area contributed by atoms with Crippen LogP contribution in [0.3, 0.4) is 0 Å². The molecule has 2 N–H and O–H groups in total. The molecule has 1 aliphatic carbocycles. The van der Waals surface area contributed by atoms with E-state index in [0.717, 1.165) is 24.2 Å². The molecule has 0 aromatic carbocycles. The number of aliphatic hydroxyl groups excluding tert-OH is 1. The van der Waals surface area contributed by atoms with Gasteiger partial charge in [-0.2, -0.15) is 0 Å². The van der Waals surface area contributed by atoms with Gasteiger partial charge in [-0.1, -0.05) is 19.3 Å². The first-order valence-electron chi connectivity index (χ1n) is 6.81. The first-order valence-corrected chi connectivity index (χ1v) is 6.81. The summed E-state index contributed by atoms with van der Waals surface area (Å²) in [5, 5.41) is 18.2. The second-order valence-electron chi connectivity index (χ2n) is 5.28. The van der Waals surface area contributed by atoms with Gasteiger partial charge in [0, 0.05) is 13.0 Å². The molecular weight excluding hydrogens is 272 g/mol. The van der Waals surface area contributed by atoms with Crippen LogP contribution < -0.4 is 0 Å². The molecule has 7 heteroatoms. The Morgan fingerprint density at radius 2 is 1.80 bits per heavy atom. The minimum Gasteiger partial charge on any atom is -0.481 e. The zero-order chi connectivity index (χ0) is 15.2. The monoisotopic (exact) mass is 293 g/mol. The first kappa shape index (κ1) is 16.8. The van der Waals surface area contributed by atoms with Gasteiger partial charge in [-0.25, -0.2) is 8.78 Å². The van der Waals surface area contributed by atoms with E-state index in [-0.39, 0.29) is 13.0 Å². The van der Waals surface area contributed by atoms with E-state index in [1.165, 1.54) is 0 Å². The van der Waals surface area contributed by atoms with Gasteiger partial charge in [-0.15, -0.1) is 0 Å². The Bertz CT molecular complexity index is 343. The number of carboxylic acids is 1.